The van der Waals surface area contributed by atoms with E-state index in [1.54, 1.807) is 40.7 Å². The molecule has 0 radical (unpaired) electrons. The number of nitrogens with zero attached hydrogens (tertiary/aromatic N) is 7. The Hall–Kier alpha value is -6.39. The summed E-state index contributed by atoms with van der Waals surface area (Å²) in [7, 11) is 12.3. The molecule has 18 heteroatoms. The number of rotatable bonds is 20. The van der Waals surface area contributed by atoms with Gasteiger partial charge in [0, 0.05) is 153 Å². The first-order valence-electron chi connectivity index (χ1n) is 24.8. The fraction of sp³-hybridized carbons (Fsp3) is 0.429. The zero-order valence-electron chi connectivity index (χ0n) is 45.2. The van der Waals surface area contributed by atoms with Crippen LogP contribution in [0.25, 0.3) is 16.5 Å². The molecule has 0 aromatic heterocycles. The molecule has 2 amide bonds. The number of ether oxygens (including phenoxy) is 4. The summed E-state index contributed by atoms with van der Waals surface area (Å²) in [4.78, 5) is 42.8. The van der Waals surface area contributed by atoms with Crippen LogP contribution in [0.1, 0.15) is 69.7 Å². The maximum Gasteiger partial charge on any atom is 0.252 e. The van der Waals surface area contributed by atoms with E-state index in [9.17, 15) is 9.59 Å². The van der Waals surface area contributed by atoms with Crippen molar-refractivity contribution in [3.05, 3.63) is 123 Å². The number of anilines is 2. The molecule has 2 aliphatic rings. The van der Waals surface area contributed by atoms with Crippen LogP contribution in [0.4, 0.5) is 17.1 Å². The van der Waals surface area contributed by atoms with Crippen molar-refractivity contribution in [1.82, 2.24) is 20.4 Å². The second-order valence-electron chi connectivity index (χ2n) is 18.3. The minimum Gasteiger partial charge on any atom is -0.678 e. The molecule has 0 saturated carbocycles. The Kier molecular flexibility index (Phi) is 24.5. The van der Waals surface area contributed by atoms with Gasteiger partial charge in [-0.1, -0.05) is 48.4 Å². The fourth-order valence-corrected chi connectivity index (χ4v) is 8.42. The molecule has 6 N–H and O–H groups in total. The Morgan fingerprint density at radius 3 is 1.93 bits per heavy atom. The molecule has 4 aromatic carbocycles. The van der Waals surface area contributed by atoms with Crippen molar-refractivity contribution in [2.24, 2.45) is 21.5 Å². The Morgan fingerprint density at radius 2 is 1.36 bits per heavy atom. The molecule has 0 bridgehead atoms. The molecule has 2 unspecified atom stereocenters. The van der Waals surface area contributed by atoms with E-state index in [1.165, 1.54) is 25.2 Å². The minimum absolute atomic E-state index is 0. The van der Waals surface area contributed by atoms with E-state index in [0.29, 0.717) is 41.4 Å². The Labute approximate surface area is 453 Å². The van der Waals surface area contributed by atoms with Crippen LogP contribution in [-0.4, -0.2) is 156 Å². The largest absolute Gasteiger partial charge is 0.678 e. The number of methoxy groups -OCH3 is 3. The van der Waals surface area contributed by atoms with Gasteiger partial charge in [-0.3, -0.25) is 19.6 Å². The smallest absolute Gasteiger partial charge is 0.252 e. The van der Waals surface area contributed by atoms with Gasteiger partial charge in [0.1, 0.15) is 18.9 Å². The number of amides is 2. The molecule has 2 saturated heterocycles. The number of likely N-dealkylation sites (N-methyl/N-ethyl adjacent to an activating group) is 3. The molecule has 400 valence electrons. The number of aryl methyl sites for hydroxylation is 2. The number of carbonyl (C=O) groups is 2. The van der Waals surface area contributed by atoms with Gasteiger partial charge >= 0.3 is 0 Å². The van der Waals surface area contributed by atoms with E-state index in [1.807, 2.05) is 50.2 Å². The number of hydrogen-bond acceptors (Lipinski definition) is 14. The monoisotopic (exact) mass is 1180 g/mol. The topological polar surface area (TPSA) is 199 Å². The van der Waals surface area contributed by atoms with E-state index >= 15 is 0 Å². The van der Waals surface area contributed by atoms with Crippen LogP contribution in [0.3, 0.4) is 0 Å². The second kappa shape index (κ2) is 30.1. The predicted octanol–water partition coefficient (Wildman–Crippen LogP) is 6.91. The van der Waals surface area contributed by atoms with Gasteiger partial charge in [-0.2, -0.15) is 0 Å². The van der Waals surface area contributed by atoms with Crippen LogP contribution in [0.15, 0.2) is 89.1 Å². The number of nitrogens with one attached hydrogen (secondary N) is 2. The number of piperazine rings is 2. The molecule has 4 aromatic rings. The standard InChI is InChI=1S/C29H40N6O4.C27H38N5O2.W/c1-19-7-8-23(35-11-9-34(4)10-12-35)15-24(19)29(37)33-20(2)21-13-25(28(39-6)26(14-21)38-5)22(16-30)17-32-18-27(36)31-3;1-20-6-7-25(32-10-8-31(4)9-11-32)17-27(20)30-21(2)22-14-23(24(18-28)19-29-3)16-26(15-22)34-13-12-33-5;/h7-8,13-17,20H,9-12,18,30H2,1-6H3,(H,31,36)(H,33,37);6-7,14-19,21H,8-13,28H2,1-5H3;/q;-1;/b22-16+,32-17?;24-18+,29-19?;. The van der Waals surface area contributed by atoms with Gasteiger partial charge in [0.15, 0.2) is 11.5 Å². The van der Waals surface area contributed by atoms with Gasteiger partial charge in [-0.15, -0.1) is 5.69 Å². The SMILES string of the molecule is CN=C/C(=C\N)c1cc(OCCOC)cc(C(C)[N-]c2cc(N3CCN(C)CC3)ccc2C)c1.CNC(=O)CN=C/C(=C\N)c1cc(C(C)NC(=O)c2cc(N3CCN(C)CC3)ccc2C)cc(OC)c1OC.[W]. The van der Waals surface area contributed by atoms with E-state index in [0.717, 1.165) is 103 Å². The average molecular weight is 1190 g/mol. The summed E-state index contributed by atoms with van der Waals surface area (Å²) in [6.07, 6.45) is 6.23. The van der Waals surface area contributed by atoms with Crippen LogP contribution in [0, 0.1) is 13.8 Å². The summed E-state index contributed by atoms with van der Waals surface area (Å²) in [5.41, 5.74) is 22.6. The minimum atomic E-state index is -0.357. The van der Waals surface area contributed by atoms with Gasteiger partial charge < -0.3 is 66.0 Å². The molecular weight excluding hydrogens is 1110 g/mol. The van der Waals surface area contributed by atoms with Crippen molar-refractivity contribution >= 4 is 52.5 Å². The van der Waals surface area contributed by atoms with Crippen LogP contribution in [0.2, 0.25) is 0 Å². The first-order valence-corrected chi connectivity index (χ1v) is 24.8. The maximum absolute atomic E-state index is 13.4. The van der Waals surface area contributed by atoms with Crippen LogP contribution >= 0.6 is 0 Å². The fourth-order valence-electron chi connectivity index (χ4n) is 8.42. The molecule has 2 heterocycles. The van der Waals surface area contributed by atoms with E-state index in [2.05, 4.69) is 98.5 Å². The summed E-state index contributed by atoms with van der Waals surface area (Å²) in [6.45, 7) is 17.1. The molecule has 74 heavy (non-hydrogen) atoms. The summed E-state index contributed by atoms with van der Waals surface area (Å²) >= 11 is 0. The van der Waals surface area contributed by atoms with Gasteiger partial charge in [-0.25, -0.2) is 0 Å². The van der Waals surface area contributed by atoms with Crippen molar-refractivity contribution < 1.29 is 49.6 Å². The number of allylic oxidation sites excluding steroid dienone is 2. The van der Waals surface area contributed by atoms with Crippen LogP contribution in [-0.2, 0) is 30.6 Å². The van der Waals surface area contributed by atoms with E-state index < -0.39 is 0 Å². The van der Waals surface area contributed by atoms with Gasteiger partial charge in [-0.05, 0) is 94.0 Å². The van der Waals surface area contributed by atoms with Gasteiger partial charge in [0.25, 0.3) is 5.91 Å². The summed E-state index contributed by atoms with van der Waals surface area (Å²) in [6, 6.07) is 22.1. The quantitative estimate of drug-likeness (QED) is 0.0528. The van der Waals surface area contributed by atoms with Crippen molar-refractivity contribution in [3.8, 4) is 17.2 Å². The summed E-state index contributed by atoms with van der Waals surface area (Å²) in [5, 5.41) is 10.8. The Balaban J connectivity index is 0.000000319. The number of aliphatic imine (C=N–C) groups is 2. The molecule has 2 fully saturated rings. The molecular formula is C56H78N11O6W-. The number of carbonyl (C=O) groups excluding carboxylic acids is 2. The number of benzene rings is 4. The third kappa shape index (κ3) is 16.8. The van der Waals surface area contributed by atoms with Gasteiger partial charge in [0.05, 0.1) is 26.9 Å². The van der Waals surface area contributed by atoms with Crippen LogP contribution < -0.4 is 46.1 Å². The first kappa shape index (κ1) is 60.2. The zero-order valence-corrected chi connectivity index (χ0v) is 48.2. The number of nitrogens with two attached hydrogens (primary N) is 2. The summed E-state index contributed by atoms with van der Waals surface area (Å²) < 4.78 is 22.3. The molecule has 0 spiro atoms. The molecule has 2 atom stereocenters. The Morgan fingerprint density at radius 1 is 0.743 bits per heavy atom. The normalized spacial score (nSPS) is 15.4. The van der Waals surface area contributed by atoms with Crippen molar-refractivity contribution in [2.45, 2.75) is 39.8 Å². The molecule has 2 aliphatic heterocycles. The zero-order chi connectivity index (χ0) is 53.0. The third-order valence-electron chi connectivity index (χ3n) is 13.1. The van der Waals surface area contributed by atoms with Crippen molar-refractivity contribution in [2.75, 3.05) is 131 Å². The summed E-state index contributed by atoms with van der Waals surface area (Å²) in [5.74, 6) is 1.34. The number of hydrogen-bond donors (Lipinski definition) is 4. The predicted molar refractivity (Wildman–Crippen MR) is 299 cm³/mol. The first-order chi connectivity index (χ1) is 35.2. The molecule has 17 nitrogen and oxygen atoms in total. The molecule has 0 aliphatic carbocycles. The van der Waals surface area contributed by atoms with Crippen molar-refractivity contribution in [3.63, 3.8) is 0 Å². The average Bonchev–Trinajstić information content (AvgIpc) is 3.40. The van der Waals surface area contributed by atoms with Crippen LogP contribution in [0.5, 0.6) is 17.2 Å². The maximum atomic E-state index is 13.4. The van der Waals surface area contributed by atoms with E-state index in [4.69, 9.17) is 35.7 Å². The second-order valence-corrected chi connectivity index (χ2v) is 18.3. The van der Waals surface area contributed by atoms with Crippen molar-refractivity contribution in [1.29, 1.82) is 0 Å². The van der Waals surface area contributed by atoms with E-state index in [-0.39, 0.29) is 51.5 Å². The van der Waals surface area contributed by atoms with Gasteiger partial charge in [0.2, 0.25) is 5.91 Å². The third-order valence-corrected chi connectivity index (χ3v) is 13.1. The Bertz CT molecular complexity index is 2590. The molecule has 6 rings (SSSR count).